The molecule has 1 aromatic heterocycles. The Morgan fingerprint density at radius 3 is 2.33 bits per heavy atom. The molecule has 2 rings (SSSR count). The molecule has 0 bridgehead atoms. The lowest BCUT2D eigenvalue weighted by atomic mass is 10.1. The number of nitrogens with one attached hydrogen (secondary N) is 1. The van der Waals surface area contributed by atoms with Crippen molar-refractivity contribution in [3.8, 4) is 5.69 Å². The van der Waals surface area contributed by atoms with Crippen LogP contribution in [0, 0.1) is 0 Å². The number of nitrogens with two attached hydrogens (primary N) is 1. The lowest BCUT2D eigenvalue weighted by Crippen LogP contribution is -2.30. The molecule has 0 radical (unpaired) electrons. The third-order valence-corrected chi connectivity index (χ3v) is 2.50. The van der Waals surface area contributed by atoms with E-state index in [0.717, 1.165) is 10.6 Å². The van der Waals surface area contributed by atoms with Gasteiger partial charge in [-0.15, -0.1) is 0 Å². The summed E-state index contributed by atoms with van der Waals surface area (Å²) in [6.07, 6.45) is 0. The number of benzene rings is 1. The molecule has 2 aromatic rings. The van der Waals surface area contributed by atoms with Gasteiger partial charge in [0.2, 0.25) is 0 Å². The average Bonchev–Trinajstić information content (AvgIpc) is 2.28. The Hall–Kier alpha value is -2.63. The summed E-state index contributed by atoms with van der Waals surface area (Å²) in [5.41, 5.74) is 5.49. The number of aromatic amines is 1. The van der Waals surface area contributed by atoms with Gasteiger partial charge in [-0.05, 0) is 31.2 Å². The molecule has 0 saturated heterocycles. The summed E-state index contributed by atoms with van der Waals surface area (Å²) in [5.74, 6) is -0.0253. The van der Waals surface area contributed by atoms with Crippen molar-refractivity contribution in [2.75, 3.05) is 5.73 Å². The molecule has 6 nitrogen and oxygen atoms in total. The van der Waals surface area contributed by atoms with Crippen LogP contribution in [0.1, 0.15) is 17.3 Å². The van der Waals surface area contributed by atoms with Crippen molar-refractivity contribution in [2.24, 2.45) is 0 Å². The number of nitrogens with zero attached hydrogens (tertiary/aromatic N) is 1. The van der Waals surface area contributed by atoms with Crippen LogP contribution in [-0.2, 0) is 0 Å². The van der Waals surface area contributed by atoms with Crippen LogP contribution in [0.15, 0.2) is 39.9 Å². The maximum Gasteiger partial charge on any atom is 0.334 e. The maximum atomic E-state index is 11.6. The molecule has 0 amide bonds. The Bertz CT molecular complexity index is 711. The molecule has 0 saturated carbocycles. The zero-order chi connectivity index (χ0) is 13.3. The van der Waals surface area contributed by atoms with Crippen LogP contribution in [0.2, 0.25) is 0 Å². The number of carbonyl (C=O) groups excluding carboxylic acids is 1. The number of Topliss-reactive ketones (excluding diaryl/α,β-unsaturated/α-hetero) is 1. The Morgan fingerprint density at radius 1 is 1.22 bits per heavy atom. The van der Waals surface area contributed by atoms with Crippen molar-refractivity contribution in [3.63, 3.8) is 0 Å². The molecule has 1 aromatic carbocycles. The van der Waals surface area contributed by atoms with Crippen LogP contribution in [0.4, 0.5) is 5.82 Å². The van der Waals surface area contributed by atoms with E-state index in [-0.39, 0.29) is 11.6 Å². The number of rotatable bonds is 2. The van der Waals surface area contributed by atoms with E-state index in [9.17, 15) is 14.4 Å². The highest BCUT2D eigenvalue weighted by atomic mass is 16.2. The Balaban J connectivity index is 2.59. The molecule has 18 heavy (non-hydrogen) atoms. The third-order valence-electron chi connectivity index (χ3n) is 2.50. The molecule has 0 atom stereocenters. The molecule has 3 N–H and O–H groups in total. The minimum Gasteiger partial charge on any atom is -0.385 e. The quantitative estimate of drug-likeness (QED) is 0.744. The normalized spacial score (nSPS) is 10.3. The van der Waals surface area contributed by atoms with E-state index in [1.165, 1.54) is 6.92 Å². The van der Waals surface area contributed by atoms with Gasteiger partial charge in [0.1, 0.15) is 5.82 Å². The number of H-pyrrole nitrogens is 1. The minimum absolute atomic E-state index is 0.0410. The number of aromatic nitrogens is 2. The Labute approximate surface area is 102 Å². The Kier molecular flexibility index (Phi) is 2.85. The lowest BCUT2D eigenvalue weighted by molar-refractivity contribution is 0.101. The summed E-state index contributed by atoms with van der Waals surface area (Å²) in [6, 6.07) is 7.49. The highest BCUT2D eigenvalue weighted by Gasteiger charge is 2.06. The first kappa shape index (κ1) is 11.8. The predicted molar refractivity (Wildman–Crippen MR) is 67.1 cm³/mol. The zero-order valence-electron chi connectivity index (χ0n) is 9.64. The fourth-order valence-corrected chi connectivity index (χ4v) is 1.63. The lowest BCUT2D eigenvalue weighted by Gasteiger charge is -2.08. The van der Waals surface area contributed by atoms with Crippen molar-refractivity contribution >= 4 is 11.6 Å². The highest BCUT2D eigenvalue weighted by Crippen LogP contribution is 2.10. The van der Waals surface area contributed by atoms with Crippen molar-refractivity contribution in [1.82, 2.24) is 9.55 Å². The van der Waals surface area contributed by atoms with E-state index in [1.807, 2.05) is 0 Å². The van der Waals surface area contributed by atoms with Gasteiger partial charge < -0.3 is 5.73 Å². The molecule has 0 aliphatic rings. The largest absolute Gasteiger partial charge is 0.385 e. The number of hydrogen-bond donors (Lipinski definition) is 2. The summed E-state index contributed by atoms with van der Waals surface area (Å²) in [6.45, 7) is 1.45. The van der Waals surface area contributed by atoms with E-state index in [0.29, 0.717) is 11.3 Å². The summed E-state index contributed by atoms with van der Waals surface area (Å²) < 4.78 is 1.16. The molecule has 0 fully saturated rings. The maximum absolute atomic E-state index is 11.6. The first-order chi connectivity index (χ1) is 8.49. The van der Waals surface area contributed by atoms with Crippen LogP contribution in [0.3, 0.4) is 0 Å². The van der Waals surface area contributed by atoms with Crippen molar-refractivity contribution in [3.05, 3.63) is 56.7 Å². The molecule has 0 aliphatic carbocycles. The van der Waals surface area contributed by atoms with Gasteiger partial charge in [0, 0.05) is 11.6 Å². The van der Waals surface area contributed by atoms with Crippen LogP contribution in [0.5, 0.6) is 0 Å². The van der Waals surface area contributed by atoms with Crippen LogP contribution >= 0.6 is 0 Å². The van der Waals surface area contributed by atoms with E-state index >= 15 is 0 Å². The minimum atomic E-state index is -0.615. The van der Waals surface area contributed by atoms with Gasteiger partial charge in [0.05, 0.1) is 5.69 Å². The molecule has 1 heterocycles. The van der Waals surface area contributed by atoms with Gasteiger partial charge in [-0.3, -0.25) is 14.6 Å². The van der Waals surface area contributed by atoms with E-state index in [4.69, 9.17) is 5.73 Å². The second-order valence-corrected chi connectivity index (χ2v) is 3.80. The summed E-state index contributed by atoms with van der Waals surface area (Å²) in [5, 5.41) is 0. The zero-order valence-corrected chi connectivity index (χ0v) is 9.64. The molecule has 0 spiro atoms. The molecular weight excluding hydrogens is 234 g/mol. The molecule has 92 valence electrons. The van der Waals surface area contributed by atoms with Crippen molar-refractivity contribution < 1.29 is 4.79 Å². The van der Waals surface area contributed by atoms with Gasteiger partial charge in [-0.1, -0.05) is 0 Å². The van der Waals surface area contributed by atoms with Crippen LogP contribution in [0.25, 0.3) is 5.69 Å². The topological polar surface area (TPSA) is 97.9 Å². The first-order valence-electron chi connectivity index (χ1n) is 5.22. The van der Waals surface area contributed by atoms with Crippen molar-refractivity contribution in [2.45, 2.75) is 6.92 Å². The average molecular weight is 245 g/mol. The van der Waals surface area contributed by atoms with Gasteiger partial charge in [0.15, 0.2) is 5.78 Å². The molecule has 0 unspecified atom stereocenters. The van der Waals surface area contributed by atoms with Crippen LogP contribution < -0.4 is 17.0 Å². The fraction of sp³-hybridized carbons (Fsp3) is 0.0833. The Morgan fingerprint density at radius 2 is 1.83 bits per heavy atom. The summed E-state index contributed by atoms with van der Waals surface area (Å²) in [4.78, 5) is 35.9. The number of ketones is 1. The number of nitrogen functional groups attached to an aromatic ring is 1. The van der Waals surface area contributed by atoms with Crippen LogP contribution in [-0.4, -0.2) is 15.3 Å². The highest BCUT2D eigenvalue weighted by molar-refractivity contribution is 5.94. The van der Waals surface area contributed by atoms with Crippen molar-refractivity contribution in [1.29, 1.82) is 0 Å². The second-order valence-electron chi connectivity index (χ2n) is 3.80. The SMILES string of the molecule is CC(=O)c1ccc(-n2c(N)cc(=O)[nH]c2=O)cc1. The van der Waals surface area contributed by atoms with E-state index < -0.39 is 11.2 Å². The van der Waals surface area contributed by atoms with Gasteiger partial charge in [-0.25, -0.2) is 9.36 Å². The van der Waals surface area contributed by atoms with Gasteiger partial charge in [-0.2, -0.15) is 0 Å². The first-order valence-corrected chi connectivity index (χ1v) is 5.22. The molecule has 0 aliphatic heterocycles. The van der Waals surface area contributed by atoms with E-state index in [2.05, 4.69) is 4.98 Å². The fourth-order valence-electron chi connectivity index (χ4n) is 1.63. The van der Waals surface area contributed by atoms with E-state index in [1.54, 1.807) is 24.3 Å². The smallest absolute Gasteiger partial charge is 0.334 e. The third kappa shape index (κ3) is 2.08. The number of carbonyl (C=O) groups is 1. The monoisotopic (exact) mass is 245 g/mol. The van der Waals surface area contributed by atoms with Gasteiger partial charge >= 0.3 is 5.69 Å². The molecular formula is C12H11N3O3. The van der Waals surface area contributed by atoms with Gasteiger partial charge in [0.25, 0.3) is 5.56 Å². The summed E-state index contributed by atoms with van der Waals surface area (Å²) in [7, 11) is 0. The number of hydrogen-bond acceptors (Lipinski definition) is 4. The summed E-state index contributed by atoms with van der Waals surface area (Å²) >= 11 is 0. The second kappa shape index (κ2) is 4.33. The molecule has 6 heteroatoms. The number of anilines is 1. The standard InChI is InChI=1S/C12H11N3O3/c1-7(16)8-2-4-9(5-3-8)15-10(13)6-11(17)14-12(15)18/h2-6H,13H2,1H3,(H,14,17,18). The predicted octanol–water partition coefficient (Wildman–Crippen LogP) is 0.311.